The summed E-state index contributed by atoms with van der Waals surface area (Å²) in [6.07, 6.45) is 5.90. The van der Waals surface area contributed by atoms with Crippen LogP contribution in [0.2, 0.25) is 0 Å². The summed E-state index contributed by atoms with van der Waals surface area (Å²) in [7, 11) is 1.00. The van der Waals surface area contributed by atoms with E-state index in [1.807, 2.05) is 0 Å². The molecule has 8 heteroatoms. The van der Waals surface area contributed by atoms with Gasteiger partial charge in [0.05, 0.1) is 6.61 Å². The van der Waals surface area contributed by atoms with Crippen molar-refractivity contribution in [3.63, 3.8) is 0 Å². The largest absolute Gasteiger partial charge is 0.400 e. The predicted molar refractivity (Wildman–Crippen MR) is 97.2 cm³/mol. The lowest BCUT2D eigenvalue weighted by molar-refractivity contribution is -0.284. The molecule has 2 spiro atoms. The highest BCUT2D eigenvalue weighted by atomic mass is 16.8. The number of aliphatic hydroxyl groups is 3. The topological polar surface area (TPSA) is 107 Å². The lowest BCUT2D eigenvalue weighted by Crippen LogP contribution is -2.60. The number of ether oxygens (including phenoxy) is 5. The van der Waals surface area contributed by atoms with Gasteiger partial charge in [-0.25, -0.2) is 0 Å². The van der Waals surface area contributed by atoms with Crippen molar-refractivity contribution in [2.45, 2.75) is 113 Å². The van der Waals surface area contributed by atoms with Crippen LogP contribution in [0.15, 0.2) is 0 Å². The second-order valence-corrected chi connectivity index (χ2v) is 8.56. The number of hydrogen-bond acceptors (Lipinski definition) is 8. The highest BCUT2D eigenvalue weighted by molar-refractivity contribution is 5.02. The molecule has 0 unspecified atom stereocenters. The molecule has 0 bridgehead atoms. The fourth-order valence-electron chi connectivity index (χ4n) is 5.37. The number of hydrogen-bond donors (Lipinski definition) is 3. The Bertz CT molecular complexity index is 516. The number of rotatable bonds is 1. The van der Waals surface area contributed by atoms with Gasteiger partial charge in [0, 0.05) is 32.8 Å². The molecule has 0 amide bonds. The Balaban J connectivity index is 0.000000932. The highest BCUT2D eigenvalue weighted by Gasteiger charge is 2.60. The van der Waals surface area contributed by atoms with Gasteiger partial charge in [-0.15, -0.1) is 0 Å². The summed E-state index contributed by atoms with van der Waals surface area (Å²) >= 11 is 0. The van der Waals surface area contributed by atoms with Crippen LogP contribution in [0.3, 0.4) is 0 Å². The van der Waals surface area contributed by atoms with E-state index in [1.165, 1.54) is 12.8 Å². The molecule has 0 aromatic carbocycles. The normalized spacial score (nSPS) is 44.1. The van der Waals surface area contributed by atoms with Gasteiger partial charge in [-0.1, -0.05) is 12.8 Å². The molecule has 0 aromatic heterocycles. The molecule has 3 heterocycles. The molecule has 0 aromatic rings. The second kappa shape index (κ2) is 8.43. The first-order valence-corrected chi connectivity index (χ1v) is 10.7. The third kappa shape index (κ3) is 3.74. The molecule has 8 nitrogen and oxygen atoms in total. The van der Waals surface area contributed by atoms with Crippen molar-refractivity contribution < 1.29 is 39.0 Å². The first-order valence-electron chi connectivity index (χ1n) is 10.7. The zero-order valence-electron chi connectivity index (χ0n) is 16.6. The van der Waals surface area contributed by atoms with E-state index in [0.29, 0.717) is 6.61 Å². The predicted octanol–water partition coefficient (Wildman–Crippen LogP) is 1.19. The van der Waals surface area contributed by atoms with Crippen molar-refractivity contribution in [1.82, 2.24) is 0 Å². The van der Waals surface area contributed by atoms with Crippen LogP contribution in [-0.2, 0) is 23.7 Å². The molecule has 5 aliphatic rings. The average Bonchev–Trinajstić information content (AvgIpc) is 3.30. The third-order valence-corrected chi connectivity index (χ3v) is 6.75. The zero-order valence-corrected chi connectivity index (χ0v) is 16.6. The maximum Gasteiger partial charge on any atom is 0.184 e. The van der Waals surface area contributed by atoms with Crippen molar-refractivity contribution in [3.05, 3.63) is 0 Å². The van der Waals surface area contributed by atoms with Crippen molar-refractivity contribution in [3.8, 4) is 0 Å². The zero-order chi connectivity index (χ0) is 19.8. The van der Waals surface area contributed by atoms with Gasteiger partial charge in [0.25, 0.3) is 0 Å². The summed E-state index contributed by atoms with van der Waals surface area (Å²) in [6.45, 7) is 0.424. The van der Waals surface area contributed by atoms with Crippen molar-refractivity contribution >= 4 is 0 Å². The molecule has 28 heavy (non-hydrogen) atoms. The van der Waals surface area contributed by atoms with Crippen molar-refractivity contribution in [2.75, 3.05) is 13.7 Å². The van der Waals surface area contributed by atoms with E-state index in [9.17, 15) is 10.2 Å². The van der Waals surface area contributed by atoms with Crippen LogP contribution < -0.4 is 0 Å². The molecule has 2 aliphatic carbocycles. The van der Waals surface area contributed by atoms with Gasteiger partial charge in [0.1, 0.15) is 30.5 Å². The first-order chi connectivity index (χ1) is 13.6. The molecule has 5 fully saturated rings. The van der Waals surface area contributed by atoms with Crippen molar-refractivity contribution in [1.29, 1.82) is 0 Å². The van der Waals surface area contributed by atoms with Gasteiger partial charge >= 0.3 is 0 Å². The smallest absolute Gasteiger partial charge is 0.184 e. The van der Waals surface area contributed by atoms with E-state index in [-0.39, 0.29) is 6.10 Å². The van der Waals surface area contributed by atoms with Crippen LogP contribution in [0, 0.1) is 0 Å². The molecule has 6 atom stereocenters. The average molecular weight is 402 g/mol. The van der Waals surface area contributed by atoms with Crippen LogP contribution in [-0.4, -0.2) is 77.4 Å². The van der Waals surface area contributed by atoms with Gasteiger partial charge in [-0.05, 0) is 25.7 Å². The third-order valence-electron chi connectivity index (χ3n) is 6.75. The monoisotopic (exact) mass is 402 g/mol. The maximum atomic E-state index is 10.4. The first kappa shape index (κ1) is 20.9. The van der Waals surface area contributed by atoms with Crippen LogP contribution in [0.4, 0.5) is 0 Å². The van der Waals surface area contributed by atoms with Crippen LogP contribution in [0.5, 0.6) is 0 Å². The highest BCUT2D eigenvalue weighted by Crippen LogP contribution is 2.47. The van der Waals surface area contributed by atoms with Crippen LogP contribution >= 0.6 is 0 Å². The van der Waals surface area contributed by atoms with Crippen molar-refractivity contribution in [2.24, 2.45) is 0 Å². The SMILES string of the molecule is CO.O[C@@H]1[C@@H]2OC3(CCCCC3)O[C@@H]2[C@H]([C@H]2COC3(CCCCC3)O2)O[C@H]1O. The minimum atomic E-state index is -1.30. The van der Waals surface area contributed by atoms with E-state index in [2.05, 4.69) is 0 Å². The molecule has 5 rings (SSSR count). The minimum absolute atomic E-state index is 0.315. The summed E-state index contributed by atoms with van der Waals surface area (Å²) < 4.78 is 30.7. The molecule has 2 saturated carbocycles. The lowest BCUT2D eigenvalue weighted by Gasteiger charge is -2.40. The number of fused-ring (bicyclic) bond motifs is 1. The van der Waals surface area contributed by atoms with E-state index in [4.69, 9.17) is 28.8 Å². The van der Waals surface area contributed by atoms with Gasteiger partial charge < -0.3 is 39.0 Å². The summed E-state index contributed by atoms with van der Waals surface area (Å²) in [5, 5.41) is 27.7. The second-order valence-electron chi connectivity index (χ2n) is 8.56. The Hall–Kier alpha value is -0.320. The minimum Gasteiger partial charge on any atom is -0.400 e. The van der Waals surface area contributed by atoms with Crippen LogP contribution in [0.25, 0.3) is 0 Å². The fourth-order valence-corrected chi connectivity index (χ4v) is 5.37. The Kier molecular flexibility index (Phi) is 6.30. The summed E-state index contributed by atoms with van der Waals surface area (Å²) in [6, 6.07) is 0. The lowest BCUT2D eigenvalue weighted by atomic mass is 9.93. The van der Waals surface area contributed by atoms with Gasteiger partial charge in [0.2, 0.25) is 0 Å². The van der Waals surface area contributed by atoms with Gasteiger partial charge in [-0.2, -0.15) is 0 Å². The Morgan fingerprint density at radius 2 is 1.25 bits per heavy atom. The molecule has 3 aliphatic heterocycles. The van der Waals surface area contributed by atoms with E-state index >= 15 is 0 Å². The Labute approximate surface area is 166 Å². The molecule has 162 valence electrons. The number of aliphatic hydroxyl groups excluding tert-OH is 3. The van der Waals surface area contributed by atoms with Gasteiger partial charge in [0.15, 0.2) is 17.9 Å². The molecule has 3 saturated heterocycles. The fraction of sp³-hybridized carbons (Fsp3) is 1.00. The summed E-state index contributed by atoms with van der Waals surface area (Å²) in [4.78, 5) is 0. The Morgan fingerprint density at radius 3 is 1.89 bits per heavy atom. The molecule has 3 N–H and O–H groups in total. The molecular weight excluding hydrogens is 368 g/mol. The summed E-state index contributed by atoms with van der Waals surface area (Å²) in [5.41, 5.74) is 0. The Morgan fingerprint density at radius 1 is 0.679 bits per heavy atom. The van der Waals surface area contributed by atoms with Crippen LogP contribution in [0.1, 0.15) is 64.2 Å². The van der Waals surface area contributed by atoms with E-state index in [1.54, 1.807) is 0 Å². The molecular formula is C20H34O8. The standard InChI is InChI=1S/C19H30O7.CH4O/c20-13-15-16(26-19(25-15)9-5-2-6-10-19)14(23-17(13)21)12-11-22-18(24-12)7-3-1-4-8-18;1-2/h12-17,20-21H,1-11H2;2H,1H3/t12-,13-,14+,15+,16-,17-;/m1./s1. The maximum absolute atomic E-state index is 10.4. The summed E-state index contributed by atoms with van der Waals surface area (Å²) in [5.74, 6) is -1.16. The molecule has 0 radical (unpaired) electrons. The van der Waals surface area contributed by atoms with E-state index < -0.39 is 42.3 Å². The van der Waals surface area contributed by atoms with E-state index in [0.717, 1.165) is 58.5 Å². The van der Waals surface area contributed by atoms with Gasteiger partial charge in [-0.3, -0.25) is 0 Å². The quantitative estimate of drug-likeness (QED) is 0.601.